The van der Waals surface area contributed by atoms with Crippen LogP contribution in [0.2, 0.25) is 0 Å². The lowest BCUT2D eigenvalue weighted by molar-refractivity contribution is 0.0952. The first-order valence-corrected chi connectivity index (χ1v) is 8.61. The summed E-state index contributed by atoms with van der Waals surface area (Å²) >= 11 is 1.52. The highest BCUT2D eigenvalue weighted by molar-refractivity contribution is 7.98. The van der Waals surface area contributed by atoms with Crippen LogP contribution in [0.25, 0.3) is 11.0 Å². The van der Waals surface area contributed by atoms with Gasteiger partial charge in [-0.2, -0.15) is 0 Å². The van der Waals surface area contributed by atoms with Gasteiger partial charge in [0.1, 0.15) is 5.82 Å². The zero-order valence-corrected chi connectivity index (χ0v) is 13.9. The Labute approximate surface area is 139 Å². The number of amides is 1. The van der Waals surface area contributed by atoms with Crippen LogP contribution < -0.4 is 5.32 Å². The molecule has 23 heavy (non-hydrogen) atoms. The van der Waals surface area contributed by atoms with E-state index in [0.717, 1.165) is 21.9 Å². The van der Waals surface area contributed by atoms with E-state index in [1.165, 1.54) is 11.8 Å². The summed E-state index contributed by atoms with van der Waals surface area (Å²) in [6.45, 7) is 3.23. The number of pyridine rings is 1. The van der Waals surface area contributed by atoms with Crippen LogP contribution in [0.15, 0.2) is 47.6 Å². The molecule has 0 saturated heterocycles. The number of nitrogens with one attached hydrogen (secondary N) is 1. The minimum atomic E-state index is -0.0789. The van der Waals surface area contributed by atoms with Crippen molar-refractivity contribution < 1.29 is 4.79 Å². The normalized spacial score (nSPS) is 10.9. The predicted octanol–water partition coefficient (Wildman–Crippen LogP) is 2.89. The predicted molar refractivity (Wildman–Crippen MR) is 92.8 cm³/mol. The average molecular weight is 326 g/mol. The van der Waals surface area contributed by atoms with E-state index in [1.807, 2.05) is 37.4 Å². The molecule has 1 amide bonds. The molecule has 2 aromatic heterocycles. The molecule has 0 aliphatic heterocycles. The number of aryl methyl sites for hydroxylation is 1. The molecule has 0 aliphatic rings. The van der Waals surface area contributed by atoms with Crippen molar-refractivity contribution in [1.82, 2.24) is 19.9 Å². The van der Waals surface area contributed by atoms with Crippen molar-refractivity contribution in [1.29, 1.82) is 0 Å². The summed E-state index contributed by atoms with van der Waals surface area (Å²) in [6.07, 6.45) is 3.60. The Morgan fingerprint density at radius 1 is 1.30 bits per heavy atom. The molecule has 0 unspecified atom stereocenters. The molecule has 0 radical (unpaired) electrons. The summed E-state index contributed by atoms with van der Waals surface area (Å²) in [6, 6.07) is 11.6. The Hall–Kier alpha value is -2.34. The van der Waals surface area contributed by atoms with E-state index in [2.05, 4.69) is 19.9 Å². The van der Waals surface area contributed by atoms with Crippen LogP contribution in [0.5, 0.6) is 0 Å². The molecule has 2 heterocycles. The molecule has 0 saturated carbocycles. The highest BCUT2D eigenvalue weighted by atomic mass is 32.2. The summed E-state index contributed by atoms with van der Waals surface area (Å²) in [4.78, 5) is 20.9. The number of benzene rings is 1. The number of nitrogens with zero attached hydrogens (tertiary/aromatic N) is 3. The monoisotopic (exact) mass is 326 g/mol. The summed E-state index contributed by atoms with van der Waals surface area (Å²) in [5, 5.41) is 3.80. The minimum Gasteiger partial charge on any atom is -0.350 e. The van der Waals surface area contributed by atoms with E-state index in [0.29, 0.717) is 18.7 Å². The van der Waals surface area contributed by atoms with E-state index < -0.39 is 0 Å². The fourth-order valence-electron chi connectivity index (χ4n) is 2.52. The number of carbonyl (C=O) groups is 1. The third kappa shape index (κ3) is 3.37. The molecule has 1 N–H and O–H groups in total. The van der Waals surface area contributed by atoms with Gasteiger partial charge in [0, 0.05) is 24.8 Å². The minimum absolute atomic E-state index is 0.0789. The number of aromatic nitrogens is 3. The average Bonchev–Trinajstić information content (AvgIpc) is 2.90. The molecule has 0 aliphatic carbocycles. The van der Waals surface area contributed by atoms with Gasteiger partial charge < -0.3 is 9.88 Å². The van der Waals surface area contributed by atoms with Crippen molar-refractivity contribution in [3.05, 3.63) is 54.0 Å². The molecular weight excluding hydrogens is 308 g/mol. The lowest BCUT2D eigenvalue weighted by Gasteiger charge is -2.09. The van der Waals surface area contributed by atoms with Gasteiger partial charge in [0.15, 0.2) is 0 Å². The molecule has 6 heteroatoms. The Balaban J connectivity index is 1.66. The topological polar surface area (TPSA) is 59.8 Å². The van der Waals surface area contributed by atoms with Crippen molar-refractivity contribution in [3.8, 4) is 0 Å². The Morgan fingerprint density at radius 2 is 2.13 bits per heavy atom. The highest BCUT2D eigenvalue weighted by Gasteiger charge is 2.09. The number of fused-ring (bicyclic) bond motifs is 1. The lowest BCUT2D eigenvalue weighted by atomic mass is 10.2. The summed E-state index contributed by atoms with van der Waals surface area (Å²) in [7, 11) is 0. The standard InChI is InChI=1S/C17H18N4OS/c1-12-20-14-5-3-4-6-15(14)21(12)10-9-19-17(22)13-7-8-18-16(11-13)23-2/h3-8,11H,9-10H2,1-2H3,(H,19,22). The maximum Gasteiger partial charge on any atom is 0.251 e. The first kappa shape index (κ1) is 15.6. The van der Waals surface area contributed by atoms with Crippen LogP contribution >= 0.6 is 11.8 Å². The molecule has 0 spiro atoms. The van der Waals surface area contributed by atoms with Gasteiger partial charge in [0.05, 0.1) is 16.1 Å². The van der Waals surface area contributed by atoms with Crippen LogP contribution in [0, 0.1) is 6.92 Å². The first-order chi connectivity index (χ1) is 11.2. The number of thioether (sulfide) groups is 1. The smallest absolute Gasteiger partial charge is 0.251 e. The van der Waals surface area contributed by atoms with Crippen LogP contribution in [0.1, 0.15) is 16.2 Å². The van der Waals surface area contributed by atoms with Crippen molar-refractivity contribution >= 4 is 28.7 Å². The molecule has 0 bridgehead atoms. The van der Waals surface area contributed by atoms with Gasteiger partial charge in [0.2, 0.25) is 0 Å². The molecule has 3 aromatic rings. The summed E-state index contributed by atoms with van der Waals surface area (Å²) < 4.78 is 2.12. The van der Waals surface area contributed by atoms with Gasteiger partial charge in [-0.25, -0.2) is 9.97 Å². The van der Waals surface area contributed by atoms with Gasteiger partial charge >= 0.3 is 0 Å². The largest absolute Gasteiger partial charge is 0.350 e. The zero-order valence-electron chi connectivity index (χ0n) is 13.1. The number of imidazole rings is 1. The molecule has 118 valence electrons. The molecule has 5 nitrogen and oxygen atoms in total. The van der Waals surface area contributed by atoms with Crippen LogP contribution in [-0.4, -0.2) is 33.2 Å². The van der Waals surface area contributed by atoms with E-state index in [4.69, 9.17) is 0 Å². The van der Waals surface area contributed by atoms with Gasteiger partial charge in [-0.15, -0.1) is 11.8 Å². The number of carbonyl (C=O) groups excluding carboxylic acids is 1. The molecule has 0 atom stereocenters. The number of para-hydroxylation sites is 2. The van der Waals surface area contributed by atoms with Crippen LogP contribution in [-0.2, 0) is 6.54 Å². The van der Waals surface area contributed by atoms with E-state index in [1.54, 1.807) is 18.3 Å². The van der Waals surface area contributed by atoms with Gasteiger partial charge in [-0.1, -0.05) is 12.1 Å². The third-order valence-corrected chi connectivity index (χ3v) is 4.31. The number of hydrogen-bond donors (Lipinski definition) is 1. The first-order valence-electron chi connectivity index (χ1n) is 7.39. The quantitative estimate of drug-likeness (QED) is 0.733. The molecule has 1 aromatic carbocycles. The van der Waals surface area contributed by atoms with E-state index in [-0.39, 0.29) is 5.91 Å². The van der Waals surface area contributed by atoms with Crippen molar-refractivity contribution in [2.24, 2.45) is 0 Å². The Bertz CT molecular complexity index is 843. The third-order valence-electron chi connectivity index (χ3n) is 3.67. The summed E-state index contributed by atoms with van der Waals surface area (Å²) in [5.74, 6) is 0.874. The fraction of sp³-hybridized carbons (Fsp3) is 0.235. The second-order valence-corrected chi connectivity index (χ2v) is 5.97. The molecular formula is C17H18N4OS. The zero-order chi connectivity index (χ0) is 16.2. The van der Waals surface area contributed by atoms with E-state index in [9.17, 15) is 4.79 Å². The second-order valence-electron chi connectivity index (χ2n) is 5.14. The van der Waals surface area contributed by atoms with Gasteiger partial charge in [-0.3, -0.25) is 4.79 Å². The van der Waals surface area contributed by atoms with Crippen molar-refractivity contribution in [2.75, 3.05) is 12.8 Å². The van der Waals surface area contributed by atoms with Crippen molar-refractivity contribution in [3.63, 3.8) is 0 Å². The van der Waals surface area contributed by atoms with Gasteiger partial charge in [-0.05, 0) is 37.4 Å². The number of rotatable bonds is 5. The lowest BCUT2D eigenvalue weighted by Crippen LogP contribution is -2.27. The SMILES string of the molecule is CSc1cc(C(=O)NCCn2c(C)nc3ccccc32)ccn1. The van der Waals surface area contributed by atoms with Crippen LogP contribution in [0.4, 0.5) is 0 Å². The highest BCUT2D eigenvalue weighted by Crippen LogP contribution is 2.15. The summed E-state index contributed by atoms with van der Waals surface area (Å²) in [5.41, 5.74) is 2.71. The Morgan fingerprint density at radius 3 is 2.96 bits per heavy atom. The van der Waals surface area contributed by atoms with Crippen LogP contribution in [0.3, 0.4) is 0 Å². The molecule has 3 rings (SSSR count). The van der Waals surface area contributed by atoms with Gasteiger partial charge in [0.25, 0.3) is 5.91 Å². The fourth-order valence-corrected chi connectivity index (χ4v) is 2.93. The van der Waals surface area contributed by atoms with Crippen molar-refractivity contribution in [2.45, 2.75) is 18.5 Å². The van der Waals surface area contributed by atoms with E-state index >= 15 is 0 Å². The maximum atomic E-state index is 12.2. The molecule has 0 fully saturated rings. The maximum absolute atomic E-state index is 12.2. The second kappa shape index (κ2) is 6.83. The number of hydrogen-bond acceptors (Lipinski definition) is 4. The Kier molecular flexibility index (Phi) is 4.62.